The second-order valence-corrected chi connectivity index (χ2v) is 11.5. The maximum atomic E-state index is 12.9. The molecule has 0 aromatic carbocycles. The Balaban J connectivity index is 1.60. The zero-order chi connectivity index (χ0) is 20.6. The summed E-state index contributed by atoms with van der Waals surface area (Å²) in [5, 5.41) is 6.27. The number of rotatable bonds is 6. The Morgan fingerprint density at radius 1 is 1.34 bits per heavy atom. The first-order chi connectivity index (χ1) is 13.8. The average Bonchev–Trinajstić information content (AvgIpc) is 3.44. The summed E-state index contributed by atoms with van der Waals surface area (Å²) in [5.74, 6) is -0.293. The van der Waals surface area contributed by atoms with E-state index >= 15 is 0 Å². The smallest absolute Gasteiger partial charge is 0.265 e. The fourth-order valence-electron chi connectivity index (χ4n) is 3.43. The van der Waals surface area contributed by atoms with Crippen LogP contribution in [-0.4, -0.2) is 52.7 Å². The van der Waals surface area contributed by atoms with Gasteiger partial charge < -0.3 is 0 Å². The molecule has 1 fully saturated rings. The van der Waals surface area contributed by atoms with Crippen molar-refractivity contribution >= 4 is 50.2 Å². The second kappa shape index (κ2) is 8.27. The van der Waals surface area contributed by atoms with Crippen molar-refractivity contribution in [3.05, 3.63) is 55.4 Å². The molecule has 0 radical (unpaired) electrons. The Kier molecular flexibility index (Phi) is 5.90. The molecule has 0 aliphatic carbocycles. The predicted molar refractivity (Wildman–Crippen MR) is 115 cm³/mol. The van der Waals surface area contributed by atoms with E-state index < -0.39 is 10.0 Å². The van der Waals surface area contributed by atoms with Crippen molar-refractivity contribution in [3.8, 4) is 0 Å². The van der Waals surface area contributed by atoms with Crippen molar-refractivity contribution < 1.29 is 13.2 Å². The zero-order valence-corrected chi connectivity index (χ0v) is 18.8. The molecular weight excluding hydrogens is 452 g/mol. The maximum Gasteiger partial charge on any atom is 0.297 e. The molecule has 4 rings (SSSR count). The molecule has 7 nitrogen and oxygen atoms in total. The quantitative estimate of drug-likeness (QED) is 0.552. The second-order valence-electron chi connectivity index (χ2n) is 6.96. The number of sulfonamides is 1. The highest BCUT2D eigenvalue weighted by molar-refractivity contribution is 7.88. The number of carbonyl (C=O) groups excluding carboxylic acids is 1. The van der Waals surface area contributed by atoms with Gasteiger partial charge in [0.1, 0.15) is 5.69 Å². The average molecular weight is 471 g/mol. The molecule has 0 spiro atoms. The first kappa shape index (κ1) is 20.7. The lowest BCUT2D eigenvalue weighted by molar-refractivity contribution is 0.0936. The Hall–Kier alpha value is -1.59. The lowest BCUT2D eigenvalue weighted by atomic mass is 10.0. The summed E-state index contributed by atoms with van der Waals surface area (Å²) >= 11 is 8.90. The molecule has 1 saturated heterocycles. The van der Waals surface area contributed by atoms with Gasteiger partial charge in [0.15, 0.2) is 0 Å². The Morgan fingerprint density at radius 3 is 2.79 bits per heavy atom. The molecule has 1 unspecified atom stereocenters. The molecule has 154 valence electrons. The van der Waals surface area contributed by atoms with E-state index in [2.05, 4.69) is 10.1 Å². The lowest BCUT2D eigenvalue weighted by Crippen LogP contribution is -2.27. The minimum absolute atomic E-state index is 0.0239. The highest BCUT2D eigenvalue weighted by Gasteiger charge is 2.32. The number of nitrogens with zero attached hydrogens (tertiary/aromatic N) is 4. The summed E-state index contributed by atoms with van der Waals surface area (Å²) in [7, 11) is -3.23. The molecular formula is C18H19ClN4O3S3. The van der Waals surface area contributed by atoms with Crippen molar-refractivity contribution in [2.24, 2.45) is 0 Å². The van der Waals surface area contributed by atoms with Crippen molar-refractivity contribution in [1.82, 2.24) is 19.1 Å². The molecule has 11 heteroatoms. The van der Waals surface area contributed by atoms with Crippen LogP contribution in [0, 0.1) is 0 Å². The van der Waals surface area contributed by atoms with E-state index in [-0.39, 0.29) is 11.8 Å². The molecule has 4 heterocycles. The van der Waals surface area contributed by atoms with E-state index in [1.807, 2.05) is 18.2 Å². The first-order valence-electron chi connectivity index (χ1n) is 9.02. The van der Waals surface area contributed by atoms with Crippen LogP contribution >= 0.6 is 34.3 Å². The van der Waals surface area contributed by atoms with Crippen LogP contribution < -0.4 is 0 Å². The standard InChI is InChI=1S/C18H19ClN4O3S3/c1-29(25,26)22-7-6-12(9-22)15-8-13(2-3-14-4-5-17(19)28-14)23(21-15)18(24)16-10-27-11-20-16/h4-5,8,10-12H,2-3,6-7,9H2,1H3. The third-order valence-electron chi connectivity index (χ3n) is 4.94. The minimum atomic E-state index is -3.23. The summed E-state index contributed by atoms with van der Waals surface area (Å²) in [6.07, 6.45) is 3.28. The van der Waals surface area contributed by atoms with Gasteiger partial charge in [-0.25, -0.2) is 17.7 Å². The van der Waals surface area contributed by atoms with E-state index in [0.717, 1.165) is 27.0 Å². The summed E-state index contributed by atoms with van der Waals surface area (Å²) in [5.41, 5.74) is 3.51. The zero-order valence-electron chi connectivity index (χ0n) is 15.6. The third kappa shape index (κ3) is 4.61. The van der Waals surface area contributed by atoms with Gasteiger partial charge in [0, 0.05) is 35.0 Å². The first-order valence-corrected chi connectivity index (χ1v) is 13.0. The van der Waals surface area contributed by atoms with Gasteiger partial charge in [-0.05, 0) is 37.5 Å². The van der Waals surface area contributed by atoms with E-state index in [9.17, 15) is 13.2 Å². The number of aromatic nitrogens is 3. The molecule has 3 aromatic rings. The fraction of sp³-hybridized carbons (Fsp3) is 0.389. The lowest BCUT2D eigenvalue weighted by Gasteiger charge is -2.11. The molecule has 3 aromatic heterocycles. The molecule has 0 saturated carbocycles. The van der Waals surface area contributed by atoms with Gasteiger partial charge in [0.05, 0.1) is 21.8 Å². The van der Waals surface area contributed by atoms with Crippen LogP contribution in [0.5, 0.6) is 0 Å². The van der Waals surface area contributed by atoms with Gasteiger partial charge in [-0.15, -0.1) is 22.7 Å². The molecule has 0 bridgehead atoms. The van der Waals surface area contributed by atoms with Crippen LogP contribution in [0.1, 0.15) is 39.1 Å². The highest BCUT2D eigenvalue weighted by atomic mass is 35.5. The van der Waals surface area contributed by atoms with Crippen LogP contribution in [0.3, 0.4) is 0 Å². The van der Waals surface area contributed by atoms with E-state index in [4.69, 9.17) is 11.6 Å². The summed E-state index contributed by atoms with van der Waals surface area (Å²) in [6, 6.07) is 5.77. The summed E-state index contributed by atoms with van der Waals surface area (Å²) in [6.45, 7) is 0.861. The predicted octanol–water partition coefficient (Wildman–Crippen LogP) is 3.28. The van der Waals surface area contributed by atoms with Crippen molar-refractivity contribution in [1.29, 1.82) is 0 Å². The number of halogens is 1. The Labute approximate surface area is 182 Å². The van der Waals surface area contributed by atoms with Crippen molar-refractivity contribution in [2.45, 2.75) is 25.2 Å². The topological polar surface area (TPSA) is 85.2 Å². The Bertz CT molecular complexity index is 1120. The fourth-order valence-corrected chi connectivity index (χ4v) is 5.93. The Morgan fingerprint density at radius 2 is 2.17 bits per heavy atom. The van der Waals surface area contributed by atoms with E-state index in [1.54, 1.807) is 10.9 Å². The minimum Gasteiger partial charge on any atom is -0.265 e. The van der Waals surface area contributed by atoms with E-state index in [1.165, 1.54) is 37.9 Å². The monoisotopic (exact) mass is 470 g/mol. The largest absolute Gasteiger partial charge is 0.297 e. The van der Waals surface area contributed by atoms with Crippen molar-refractivity contribution in [2.75, 3.05) is 19.3 Å². The molecule has 1 aliphatic heterocycles. The van der Waals surface area contributed by atoms with Gasteiger partial charge in [-0.2, -0.15) is 9.78 Å². The molecule has 0 amide bonds. The summed E-state index contributed by atoms with van der Waals surface area (Å²) < 4.78 is 27.3. The molecule has 29 heavy (non-hydrogen) atoms. The number of hydrogen-bond donors (Lipinski definition) is 0. The van der Waals surface area contributed by atoms with Gasteiger partial charge in [-0.1, -0.05) is 11.6 Å². The highest BCUT2D eigenvalue weighted by Crippen LogP contribution is 2.29. The van der Waals surface area contributed by atoms with Crippen LogP contribution in [0.15, 0.2) is 29.1 Å². The van der Waals surface area contributed by atoms with Crippen LogP contribution in [-0.2, 0) is 22.9 Å². The maximum absolute atomic E-state index is 12.9. The SMILES string of the molecule is CS(=O)(=O)N1CCC(c2cc(CCc3ccc(Cl)s3)n(C(=O)c3cscn3)n2)C1. The van der Waals surface area contributed by atoms with Crippen LogP contribution in [0.4, 0.5) is 0 Å². The molecule has 0 N–H and O–H groups in total. The van der Waals surface area contributed by atoms with Gasteiger partial charge >= 0.3 is 0 Å². The number of aryl methyl sites for hydroxylation is 2. The number of thiophene rings is 1. The number of hydrogen-bond acceptors (Lipinski definition) is 7. The van der Waals surface area contributed by atoms with E-state index in [0.29, 0.717) is 31.6 Å². The van der Waals surface area contributed by atoms with Gasteiger partial charge in [-0.3, -0.25) is 4.79 Å². The number of carbonyl (C=O) groups is 1. The van der Waals surface area contributed by atoms with Crippen molar-refractivity contribution in [3.63, 3.8) is 0 Å². The molecule has 1 atom stereocenters. The van der Waals surface area contributed by atoms with Crippen LogP contribution in [0.2, 0.25) is 4.34 Å². The summed E-state index contributed by atoms with van der Waals surface area (Å²) in [4.78, 5) is 18.2. The van der Waals surface area contributed by atoms with Gasteiger partial charge in [0.25, 0.3) is 5.91 Å². The van der Waals surface area contributed by atoms with Crippen LogP contribution in [0.25, 0.3) is 0 Å². The molecule has 1 aliphatic rings. The normalized spacial score (nSPS) is 17.8. The van der Waals surface area contributed by atoms with Gasteiger partial charge in [0.2, 0.25) is 10.0 Å². The third-order valence-corrected chi connectivity index (χ3v) is 8.09. The number of thiazole rings is 1.